The van der Waals surface area contributed by atoms with Crippen LogP contribution in [0.25, 0.3) is 5.69 Å². The average Bonchev–Trinajstić information content (AvgIpc) is 3.33. The van der Waals surface area contributed by atoms with Gasteiger partial charge in [0.1, 0.15) is 5.82 Å². The summed E-state index contributed by atoms with van der Waals surface area (Å²) in [6.07, 6.45) is 9.96. The molecule has 3 heterocycles. The highest BCUT2D eigenvalue weighted by atomic mass is 16.2. The van der Waals surface area contributed by atoms with Crippen molar-refractivity contribution in [3.63, 3.8) is 0 Å². The first-order chi connectivity index (χ1) is 12.2. The van der Waals surface area contributed by atoms with E-state index in [4.69, 9.17) is 0 Å². The molecule has 4 rings (SSSR count). The maximum Gasteiger partial charge on any atom is 0.253 e. The Hall–Kier alpha value is -2.82. The Morgan fingerprint density at radius 2 is 1.88 bits per heavy atom. The molecule has 1 unspecified atom stereocenters. The monoisotopic (exact) mass is 334 g/mol. The van der Waals surface area contributed by atoms with Gasteiger partial charge < -0.3 is 14.0 Å². The van der Waals surface area contributed by atoms with Crippen LogP contribution >= 0.6 is 0 Å². The molecule has 1 atom stereocenters. The van der Waals surface area contributed by atoms with Crippen molar-refractivity contribution in [2.24, 2.45) is 0 Å². The maximum absolute atomic E-state index is 12.9. The van der Waals surface area contributed by atoms with Gasteiger partial charge in [-0.3, -0.25) is 4.79 Å². The van der Waals surface area contributed by atoms with Crippen LogP contribution in [-0.4, -0.2) is 38.0 Å². The molecule has 0 saturated carbocycles. The summed E-state index contributed by atoms with van der Waals surface area (Å²) >= 11 is 0. The van der Waals surface area contributed by atoms with Crippen LogP contribution in [0.4, 0.5) is 0 Å². The number of likely N-dealkylation sites (tertiary alicyclic amines) is 1. The quantitative estimate of drug-likeness (QED) is 0.736. The van der Waals surface area contributed by atoms with Gasteiger partial charge in [0.25, 0.3) is 5.91 Å². The van der Waals surface area contributed by atoms with Crippen LogP contribution in [-0.2, 0) is 0 Å². The Morgan fingerprint density at radius 1 is 1.12 bits per heavy atom. The number of nitrogens with zero attached hydrogens (tertiary/aromatic N) is 4. The minimum absolute atomic E-state index is 0.113. The van der Waals surface area contributed by atoms with E-state index in [9.17, 15) is 4.79 Å². The number of aromatic nitrogens is 3. The van der Waals surface area contributed by atoms with Crippen molar-refractivity contribution in [2.75, 3.05) is 13.1 Å². The van der Waals surface area contributed by atoms with Gasteiger partial charge in [0.05, 0.1) is 6.04 Å². The largest absolute Gasteiger partial charge is 0.337 e. The number of aryl methyl sites for hydroxylation is 1. The number of benzene rings is 1. The molecular formula is C20H22N4O. The van der Waals surface area contributed by atoms with E-state index in [1.54, 1.807) is 0 Å². The number of imidazole rings is 1. The lowest BCUT2D eigenvalue weighted by atomic mass is 10.0. The highest BCUT2D eigenvalue weighted by Gasteiger charge is 2.26. The zero-order valence-corrected chi connectivity index (χ0v) is 14.4. The minimum Gasteiger partial charge on any atom is -0.337 e. The zero-order chi connectivity index (χ0) is 17.2. The van der Waals surface area contributed by atoms with E-state index in [0.29, 0.717) is 6.04 Å². The van der Waals surface area contributed by atoms with E-state index in [-0.39, 0.29) is 5.91 Å². The first-order valence-electron chi connectivity index (χ1n) is 8.74. The highest BCUT2D eigenvalue weighted by Crippen LogP contribution is 2.24. The molecule has 1 saturated heterocycles. The molecule has 0 aliphatic carbocycles. The topological polar surface area (TPSA) is 43.1 Å². The third kappa shape index (κ3) is 3.09. The number of amides is 1. The lowest BCUT2D eigenvalue weighted by molar-refractivity contribution is 0.0678. The van der Waals surface area contributed by atoms with Crippen LogP contribution in [0.1, 0.15) is 35.1 Å². The molecule has 1 aliphatic heterocycles. The van der Waals surface area contributed by atoms with Gasteiger partial charge in [-0.2, -0.15) is 0 Å². The number of carbonyl (C=O) groups excluding carboxylic acids is 1. The molecule has 3 aromatic rings. The fourth-order valence-corrected chi connectivity index (χ4v) is 3.61. The number of carbonyl (C=O) groups is 1. The molecule has 0 bridgehead atoms. The first kappa shape index (κ1) is 15.7. The van der Waals surface area contributed by atoms with Gasteiger partial charge in [0.2, 0.25) is 0 Å². The Morgan fingerprint density at radius 3 is 2.56 bits per heavy atom. The van der Waals surface area contributed by atoms with Crippen LogP contribution in [0.15, 0.2) is 61.2 Å². The molecule has 0 N–H and O–H groups in total. The minimum atomic E-state index is 0.113. The lowest BCUT2D eigenvalue weighted by Crippen LogP contribution is -2.40. The van der Waals surface area contributed by atoms with E-state index in [1.807, 2.05) is 77.6 Å². The van der Waals surface area contributed by atoms with Gasteiger partial charge in [-0.25, -0.2) is 4.98 Å². The third-order valence-electron chi connectivity index (χ3n) is 4.96. The molecule has 1 amide bonds. The summed E-state index contributed by atoms with van der Waals surface area (Å²) in [5.41, 5.74) is 1.81. The van der Waals surface area contributed by atoms with Crippen molar-refractivity contribution >= 4 is 5.91 Å². The SMILES string of the molecule is Cc1nccn1C1CCCN(C(=O)c2ccc(-n3cccc3)cc2)C1. The van der Waals surface area contributed by atoms with Gasteiger partial charge in [-0.15, -0.1) is 0 Å². The predicted molar refractivity (Wildman–Crippen MR) is 96.9 cm³/mol. The summed E-state index contributed by atoms with van der Waals surface area (Å²) in [5, 5.41) is 0. The lowest BCUT2D eigenvalue weighted by Gasteiger charge is -2.34. The maximum atomic E-state index is 12.9. The van der Waals surface area contributed by atoms with Crippen LogP contribution in [0.3, 0.4) is 0 Å². The molecule has 5 nitrogen and oxygen atoms in total. The van der Waals surface area contributed by atoms with Crippen LogP contribution in [0.2, 0.25) is 0 Å². The van der Waals surface area contributed by atoms with E-state index in [2.05, 4.69) is 9.55 Å². The molecular weight excluding hydrogens is 312 g/mol. The molecule has 1 aliphatic rings. The van der Waals surface area contributed by atoms with E-state index in [1.165, 1.54) is 0 Å². The Labute approximate surface area is 147 Å². The number of hydrogen-bond acceptors (Lipinski definition) is 2. The average molecular weight is 334 g/mol. The summed E-state index contributed by atoms with van der Waals surface area (Å²) in [4.78, 5) is 19.2. The smallest absolute Gasteiger partial charge is 0.253 e. The van der Waals surface area contributed by atoms with E-state index >= 15 is 0 Å². The molecule has 0 spiro atoms. The zero-order valence-electron chi connectivity index (χ0n) is 14.4. The van der Waals surface area contributed by atoms with Crippen molar-refractivity contribution in [3.05, 3.63) is 72.6 Å². The van der Waals surface area contributed by atoms with Gasteiger partial charge in [-0.1, -0.05) is 0 Å². The molecule has 0 radical (unpaired) electrons. The standard InChI is InChI=1S/C20H22N4O/c1-16-21-10-14-24(16)19-5-4-13-23(15-19)20(25)17-6-8-18(9-7-17)22-11-2-3-12-22/h2-3,6-12,14,19H,4-5,13,15H2,1H3. The molecule has 5 heteroatoms. The van der Waals surface area contributed by atoms with Crippen molar-refractivity contribution in [3.8, 4) is 5.69 Å². The summed E-state index contributed by atoms with van der Waals surface area (Å²) in [6, 6.07) is 12.1. The van der Waals surface area contributed by atoms with E-state index < -0.39 is 0 Å². The summed E-state index contributed by atoms with van der Waals surface area (Å²) < 4.78 is 4.22. The summed E-state index contributed by atoms with van der Waals surface area (Å²) in [5.74, 6) is 1.12. The van der Waals surface area contributed by atoms with Gasteiger partial charge >= 0.3 is 0 Å². The number of piperidine rings is 1. The summed E-state index contributed by atoms with van der Waals surface area (Å²) in [6.45, 7) is 3.58. The molecule has 128 valence electrons. The number of rotatable bonds is 3. The second-order valence-electron chi connectivity index (χ2n) is 6.57. The van der Waals surface area contributed by atoms with Crippen LogP contribution in [0, 0.1) is 6.92 Å². The molecule has 2 aromatic heterocycles. The summed E-state index contributed by atoms with van der Waals surface area (Å²) in [7, 11) is 0. The molecule has 25 heavy (non-hydrogen) atoms. The van der Waals surface area contributed by atoms with Crippen molar-refractivity contribution in [2.45, 2.75) is 25.8 Å². The first-order valence-corrected chi connectivity index (χ1v) is 8.74. The molecule has 1 aromatic carbocycles. The van der Waals surface area contributed by atoms with Crippen LogP contribution < -0.4 is 0 Å². The van der Waals surface area contributed by atoms with Gasteiger partial charge in [0, 0.05) is 49.1 Å². The Bertz CT molecular complexity index is 848. The highest BCUT2D eigenvalue weighted by molar-refractivity contribution is 5.94. The fraction of sp³-hybridized carbons (Fsp3) is 0.300. The number of hydrogen-bond donors (Lipinski definition) is 0. The Balaban J connectivity index is 1.49. The van der Waals surface area contributed by atoms with Crippen molar-refractivity contribution in [1.82, 2.24) is 19.0 Å². The van der Waals surface area contributed by atoms with Crippen molar-refractivity contribution < 1.29 is 4.79 Å². The van der Waals surface area contributed by atoms with Gasteiger partial charge in [-0.05, 0) is 56.2 Å². The van der Waals surface area contributed by atoms with Crippen molar-refractivity contribution in [1.29, 1.82) is 0 Å². The predicted octanol–water partition coefficient (Wildman–Crippen LogP) is 3.46. The normalized spacial score (nSPS) is 17.6. The van der Waals surface area contributed by atoms with Crippen LogP contribution in [0.5, 0.6) is 0 Å². The Kier molecular flexibility index (Phi) is 4.14. The fourth-order valence-electron chi connectivity index (χ4n) is 3.61. The molecule has 1 fully saturated rings. The van der Waals surface area contributed by atoms with Gasteiger partial charge in [0.15, 0.2) is 0 Å². The second-order valence-corrected chi connectivity index (χ2v) is 6.57. The van der Waals surface area contributed by atoms with E-state index in [0.717, 1.165) is 43.0 Å². The third-order valence-corrected chi connectivity index (χ3v) is 4.96. The second kappa shape index (κ2) is 6.59.